The van der Waals surface area contributed by atoms with Gasteiger partial charge in [0.25, 0.3) is 0 Å². The van der Waals surface area contributed by atoms with Gasteiger partial charge in [-0.25, -0.2) is 9.59 Å². The topological polar surface area (TPSA) is 83.8 Å². The number of carboxylic acid groups (broad SMARTS) is 2. The molecule has 0 heterocycles. The van der Waals surface area contributed by atoms with Gasteiger partial charge in [-0.2, -0.15) is 0 Å². The Bertz CT molecular complexity index is 609. The van der Waals surface area contributed by atoms with E-state index < -0.39 is 12.3 Å². The molecule has 0 radical (unpaired) electrons. The fourth-order valence-electron chi connectivity index (χ4n) is 10.0. The molecule has 3 atom stereocenters. The Morgan fingerprint density at radius 1 is 0.714 bits per heavy atom. The molecule has 8 bridgehead atoms. The largest absolute Gasteiger partial charge is 0.516 e. The molecule has 8 aliphatic carbocycles. The maximum atomic E-state index is 9.21. The molecule has 0 amide bonds. The van der Waals surface area contributed by atoms with Gasteiger partial charge in [-0.1, -0.05) is 6.92 Å². The molecule has 5 heteroatoms. The normalized spacial score (nSPS) is 52.1. The Morgan fingerprint density at radius 3 is 1.46 bits per heavy atom. The van der Waals surface area contributed by atoms with Gasteiger partial charge in [0.1, 0.15) is 0 Å². The van der Waals surface area contributed by atoms with Crippen LogP contribution in [0.2, 0.25) is 0 Å². The first-order chi connectivity index (χ1) is 13.3. The van der Waals surface area contributed by atoms with Crippen LogP contribution in [-0.4, -0.2) is 22.5 Å². The summed E-state index contributed by atoms with van der Waals surface area (Å²) in [6.07, 6.45) is 14.4. The van der Waals surface area contributed by atoms with E-state index in [4.69, 9.17) is 10.2 Å². The van der Waals surface area contributed by atoms with Crippen molar-refractivity contribution in [3.05, 3.63) is 0 Å². The summed E-state index contributed by atoms with van der Waals surface area (Å²) in [6, 6.07) is 0. The van der Waals surface area contributed by atoms with Crippen molar-refractivity contribution >= 4 is 12.3 Å². The van der Waals surface area contributed by atoms with Gasteiger partial charge in [-0.15, -0.1) is 0 Å². The molecular formula is C23H34O5. The Balaban J connectivity index is 0.000000213. The van der Waals surface area contributed by atoms with Crippen LogP contribution in [0.3, 0.4) is 0 Å². The highest BCUT2D eigenvalue weighted by atomic mass is 16.7. The molecule has 28 heavy (non-hydrogen) atoms. The molecule has 8 fully saturated rings. The number of hydrogen-bond donors (Lipinski definition) is 2. The molecule has 156 valence electrons. The van der Waals surface area contributed by atoms with E-state index in [2.05, 4.69) is 11.7 Å². The zero-order valence-electron chi connectivity index (χ0n) is 16.9. The van der Waals surface area contributed by atoms with Crippen molar-refractivity contribution in [3.8, 4) is 0 Å². The maximum Gasteiger partial charge on any atom is 0.516 e. The van der Waals surface area contributed by atoms with Crippen molar-refractivity contribution in [2.45, 2.75) is 77.6 Å². The fraction of sp³-hybridized carbons (Fsp3) is 0.913. The Hall–Kier alpha value is -1.26. The molecule has 8 saturated carbocycles. The van der Waals surface area contributed by atoms with Gasteiger partial charge in [0, 0.05) is 0 Å². The number of hydrogen-bond acceptors (Lipinski definition) is 3. The summed E-state index contributed by atoms with van der Waals surface area (Å²) >= 11 is 0. The average Bonchev–Trinajstić information content (AvgIpc) is 2.57. The lowest BCUT2D eigenvalue weighted by atomic mass is 9.33. The minimum atomic E-state index is -1.81. The van der Waals surface area contributed by atoms with Gasteiger partial charge >= 0.3 is 12.3 Å². The van der Waals surface area contributed by atoms with Gasteiger partial charge in [-0.05, 0) is 123 Å². The number of carbonyl (C=O) groups is 2. The van der Waals surface area contributed by atoms with Crippen molar-refractivity contribution in [3.63, 3.8) is 0 Å². The maximum absolute atomic E-state index is 9.21. The minimum absolute atomic E-state index is 0.817. The van der Waals surface area contributed by atoms with Gasteiger partial charge in [-0.3, -0.25) is 0 Å². The summed E-state index contributed by atoms with van der Waals surface area (Å²) in [5, 5.41) is 15.0. The fourth-order valence-corrected chi connectivity index (χ4v) is 10.0. The van der Waals surface area contributed by atoms with Crippen LogP contribution in [0.15, 0.2) is 0 Å². The van der Waals surface area contributed by atoms with Crippen LogP contribution in [0.4, 0.5) is 9.59 Å². The lowest BCUT2D eigenvalue weighted by Gasteiger charge is -2.72. The predicted molar refractivity (Wildman–Crippen MR) is 103 cm³/mol. The molecule has 8 rings (SSSR count). The third-order valence-corrected chi connectivity index (χ3v) is 10.1. The van der Waals surface area contributed by atoms with Crippen LogP contribution in [0.25, 0.3) is 0 Å². The van der Waals surface area contributed by atoms with E-state index in [0.717, 1.165) is 52.3 Å². The predicted octanol–water partition coefficient (Wildman–Crippen LogP) is 6.02. The van der Waals surface area contributed by atoms with Crippen molar-refractivity contribution in [2.75, 3.05) is 0 Å². The summed E-state index contributed by atoms with van der Waals surface area (Å²) < 4.78 is 3.08. The van der Waals surface area contributed by atoms with E-state index >= 15 is 0 Å². The third-order valence-electron chi connectivity index (χ3n) is 10.1. The molecule has 8 aliphatic rings. The Morgan fingerprint density at radius 2 is 1.11 bits per heavy atom. The number of ether oxygens (including phenoxy) is 1. The molecule has 0 aromatic carbocycles. The van der Waals surface area contributed by atoms with Gasteiger partial charge in [0.2, 0.25) is 0 Å². The van der Waals surface area contributed by atoms with Crippen molar-refractivity contribution in [1.29, 1.82) is 0 Å². The molecule has 3 unspecified atom stereocenters. The zero-order valence-corrected chi connectivity index (χ0v) is 16.9. The van der Waals surface area contributed by atoms with E-state index in [9.17, 15) is 9.59 Å². The van der Waals surface area contributed by atoms with Crippen LogP contribution < -0.4 is 0 Å². The van der Waals surface area contributed by atoms with Crippen LogP contribution in [0.1, 0.15) is 77.6 Å². The average molecular weight is 391 g/mol. The second kappa shape index (κ2) is 6.37. The van der Waals surface area contributed by atoms with Crippen molar-refractivity contribution in [2.24, 2.45) is 52.3 Å². The zero-order chi connectivity index (χ0) is 19.7. The molecule has 0 aliphatic heterocycles. The third kappa shape index (κ3) is 2.79. The Labute approximate surface area is 167 Å². The van der Waals surface area contributed by atoms with Crippen LogP contribution in [0.5, 0.6) is 0 Å². The molecule has 5 nitrogen and oxygen atoms in total. The van der Waals surface area contributed by atoms with Gasteiger partial charge in [0.05, 0.1) is 0 Å². The second-order valence-corrected chi connectivity index (χ2v) is 11.4. The highest BCUT2D eigenvalue weighted by molar-refractivity contribution is 5.74. The van der Waals surface area contributed by atoms with Gasteiger partial charge in [0.15, 0.2) is 0 Å². The summed E-state index contributed by atoms with van der Waals surface area (Å²) in [4.78, 5) is 18.4. The molecule has 0 aromatic heterocycles. The van der Waals surface area contributed by atoms with E-state index in [1.807, 2.05) is 0 Å². The van der Waals surface area contributed by atoms with Crippen LogP contribution >= 0.6 is 0 Å². The van der Waals surface area contributed by atoms with Gasteiger partial charge < -0.3 is 14.9 Å². The first kappa shape index (κ1) is 18.7. The SMILES string of the molecule is CC1C2CC3CC(C2)CC1(C12CC4CC(CC(C4)C1)C2)C3.O=C(O)OC(=O)O. The highest BCUT2D eigenvalue weighted by Gasteiger charge is 2.67. The highest BCUT2D eigenvalue weighted by Crippen LogP contribution is 2.76. The van der Waals surface area contributed by atoms with E-state index in [1.165, 1.54) is 0 Å². The Kier molecular flexibility index (Phi) is 4.26. The second-order valence-electron chi connectivity index (χ2n) is 11.4. The first-order valence-corrected chi connectivity index (χ1v) is 11.4. The molecule has 0 spiro atoms. The standard InChI is InChI=1S/C21H32.C2H2O5/c1-13-19-6-17-5-18(7-19)12-21(13,11-17)20-8-14-2-15(9-20)4-16(3-14)10-20;3-1(4)7-2(5)6/h13-19H,2-12H2,1H3;(H,3,4)(H,5,6). The van der Waals surface area contributed by atoms with E-state index in [-0.39, 0.29) is 0 Å². The summed E-state index contributed by atoms with van der Waals surface area (Å²) in [5.41, 5.74) is 1.65. The molecular weight excluding hydrogens is 356 g/mol. The van der Waals surface area contributed by atoms with Crippen LogP contribution in [0, 0.1) is 52.3 Å². The molecule has 0 saturated heterocycles. The lowest BCUT2D eigenvalue weighted by molar-refractivity contribution is -0.227. The summed E-state index contributed by atoms with van der Waals surface area (Å²) in [7, 11) is 0. The van der Waals surface area contributed by atoms with Crippen LogP contribution in [-0.2, 0) is 4.74 Å². The first-order valence-electron chi connectivity index (χ1n) is 11.4. The minimum Gasteiger partial charge on any atom is -0.449 e. The monoisotopic (exact) mass is 390 g/mol. The smallest absolute Gasteiger partial charge is 0.449 e. The van der Waals surface area contributed by atoms with Crippen molar-refractivity contribution in [1.82, 2.24) is 0 Å². The van der Waals surface area contributed by atoms with E-state index in [1.54, 1.807) is 70.6 Å². The van der Waals surface area contributed by atoms with E-state index in [0.29, 0.717) is 0 Å². The quantitative estimate of drug-likeness (QED) is 0.422. The molecule has 0 aromatic rings. The summed E-state index contributed by atoms with van der Waals surface area (Å²) in [6.45, 7) is 2.71. The number of rotatable bonds is 1. The summed E-state index contributed by atoms with van der Waals surface area (Å²) in [5.74, 6) is 7.94. The van der Waals surface area contributed by atoms with Crippen molar-refractivity contribution < 1.29 is 24.5 Å². The molecule has 2 N–H and O–H groups in total. The lowest BCUT2D eigenvalue weighted by Crippen LogP contribution is -2.63.